The number of carbonyl (C=O) groups is 2. The zero-order valence-electron chi connectivity index (χ0n) is 21.8. The van der Waals surface area contributed by atoms with Crippen LogP contribution in [0.5, 0.6) is 5.75 Å². The third kappa shape index (κ3) is 6.20. The van der Waals surface area contributed by atoms with Crippen LogP contribution in [0.1, 0.15) is 15.9 Å². The first kappa shape index (κ1) is 26.2. The first-order chi connectivity index (χ1) is 19.0. The van der Waals surface area contributed by atoms with Crippen molar-refractivity contribution in [3.8, 4) is 11.4 Å². The molecule has 0 aliphatic carbocycles. The van der Waals surface area contributed by atoms with Crippen molar-refractivity contribution in [3.63, 3.8) is 0 Å². The lowest BCUT2D eigenvalue weighted by Gasteiger charge is -2.36. The van der Waals surface area contributed by atoms with Gasteiger partial charge in [0.05, 0.1) is 18.6 Å². The molecule has 0 bridgehead atoms. The molecule has 11 heteroatoms. The van der Waals surface area contributed by atoms with Crippen molar-refractivity contribution < 1.29 is 14.3 Å². The highest BCUT2D eigenvalue weighted by atomic mass is 32.2. The number of methoxy groups -OCH3 is 1. The van der Waals surface area contributed by atoms with Gasteiger partial charge in [0.25, 0.3) is 5.91 Å². The van der Waals surface area contributed by atoms with E-state index in [1.165, 1.54) is 11.8 Å². The molecule has 2 heterocycles. The summed E-state index contributed by atoms with van der Waals surface area (Å²) < 4.78 is 6.82. The molecule has 0 spiro atoms. The van der Waals surface area contributed by atoms with E-state index in [9.17, 15) is 9.59 Å². The number of aromatic nitrogens is 4. The Kier molecular flexibility index (Phi) is 8.07. The van der Waals surface area contributed by atoms with Gasteiger partial charge in [0.1, 0.15) is 5.75 Å². The zero-order valence-corrected chi connectivity index (χ0v) is 22.6. The molecule has 1 N–H and O–H groups in total. The van der Waals surface area contributed by atoms with E-state index in [1.54, 1.807) is 36.1 Å². The molecule has 2 amide bonds. The molecule has 3 aromatic carbocycles. The Hall–Kier alpha value is -4.38. The van der Waals surface area contributed by atoms with Crippen LogP contribution in [0.2, 0.25) is 0 Å². The highest BCUT2D eigenvalue weighted by Gasteiger charge is 2.22. The van der Waals surface area contributed by atoms with Gasteiger partial charge in [-0.3, -0.25) is 9.59 Å². The van der Waals surface area contributed by atoms with Crippen molar-refractivity contribution in [2.45, 2.75) is 12.1 Å². The fraction of sp³-hybridized carbons (Fsp3) is 0.250. The smallest absolute Gasteiger partial charge is 0.253 e. The number of ether oxygens (including phenoxy) is 1. The predicted octanol–water partition coefficient (Wildman–Crippen LogP) is 3.67. The van der Waals surface area contributed by atoms with E-state index in [1.807, 2.05) is 60.4 Å². The topological polar surface area (TPSA) is 105 Å². The summed E-state index contributed by atoms with van der Waals surface area (Å²) in [5, 5.41) is 15.4. The largest absolute Gasteiger partial charge is 0.497 e. The van der Waals surface area contributed by atoms with Crippen LogP contribution in [-0.4, -0.2) is 76.0 Å². The van der Waals surface area contributed by atoms with E-state index < -0.39 is 0 Å². The fourth-order valence-corrected chi connectivity index (χ4v) is 5.07. The highest BCUT2D eigenvalue weighted by molar-refractivity contribution is 7.99. The van der Waals surface area contributed by atoms with Gasteiger partial charge >= 0.3 is 0 Å². The third-order valence-electron chi connectivity index (χ3n) is 6.54. The molecule has 10 nitrogen and oxygen atoms in total. The van der Waals surface area contributed by atoms with Crippen molar-refractivity contribution in [2.24, 2.45) is 0 Å². The number of hydrogen-bond acceptors (Lipinski definition) is 8. The van der Waals surface area contributed by atoms with Gasteiger partial charge in [-0.2, -0.15) is 4.68 Å². The van der Waals surface area contributed by atoms with Gasteiger partial charge in [0, 0.05) is 43.1 Å². The second-order valence-corrected chi connectivity index (χ2v) is 9.99. The summed E-state index contributed by atoms with van der Waals surface area (Å²) in [5.74, 6) is 0.798. The number of nitrogens with zero attached hydrogens (tertiary/aromatic N) is 6. The maximum absolute atomic E-state index is 12.8. The number of rotatable bonds is 8. The van der Waals surface area contributed by atoms with E-state index in [4.69, 9.17) is 4.74 Å². The Bertz CT molecular complexity index is 1430. The van der Waals surface area contributed by atoms with Gasteiger partial charge < -0.3 is 19.9 Å². The van der Waals surface area contributed by atoms with Crippen molar-refractivity contribution in [1.29, 1.82) is 0 Å². The summed E-state index contributed by atoms with van der Waals surface area (Å²) >= 11 is 1.28. The molecule has 0 atom stereocenters. The standard InChI is InChI=1S/C28H29N7O3S/c1-20-5-3-4-6-25(20)35-28(30-31-32-35)39-19-26(36)29-22-9-11-23(12-10-22)33-15-17-34(18-16-33)27(37)21-7-13-24(38-2)14-8-21/h3-14H,15-19H2,1-2H3,(H,29,36). The predicted molar refractivity (Wildman–Crippen MR) is 151 cm³/mol. The van der Waals surface area contributed by atoms with E-state index >= 15 is 0 Å². The lowest BCUT2D eigenvalue weighted by molar-refractivity contribution is -0.113. The van der Waals surface area contributed by atoms with Crippen LogP contribution in [0.4, 0.5) is 11.4 Å². The van der Waals surface area contributed by atoms with Crippen molar-refractivity contribution >= 4 is 35.0 Å². The SMILES string of the molecule is COc1ccc(C(=O)N2CCN(c3ccc(NC(=O)CSc4nnnn4-c4ccccc4C)cc3)CC2)cc1. The number of benzene rings is 3. The number of piperazine rings is 1. The summed E-state index contributed by atoms with van der Waals surface area (Å²) in [6.07, 6.45) is 0. The Morgan fingerprint density at radius 1 is 0.949 bits per heavy atom. The third-order valence-corrected chi connectivity index (χ3v) is 7.46. The van der Waals surface area contributed by atoms with Crippen LogP contribution in [0.25, 0.3) is 5.69 Å². The molecule has 1 aromatic heterocycles. The molecule has 0 saturated carbocycles. The molecule has 1 aliphatic heterocycles. The molecule has 4 aromatic rings. The molecular weight excluding hydrogens is 514 g/mol. The normalized spacial score (nSPS) is 13.3. The molecular formula is C28H29N7O3S. The van der Waals surface area contributed by atoms with Gasteiger partial charge in [-0.15, -0.1) is 5.10 Å². The molecule has 5 rings (SSSR count). The lowest BCUT2D eigenvalue weighted by atomic mass is 10.1. The van der Waals surface area contributed by atoms with Crippen LogP contribution in [-0.2, 0) is 4.79 Å². The average Bonchev–Trinajstić information content (AvgIpc) is 3.45. The van der Waals surface area contributed by atoms with E-state index in [2.05, 4.69) is 25.7 Å². The number of para-hydroxylation sites is 1. The molecule has 1 fully saturated rings. The van der Waals surface area contributed by atoms with E-state index in [0.29, 0.717) is 23.8 Å². The average molecular weight is 544 g/mol. The van der Waals surface area contributed by atoms with Gasteiger partial charge in [-0.05, 0) is 77.5 Å². The van der Waals surface area contributed by atoms with Gasteiger partial charge in [-0.25, -0.2) is 0 Å². The van der Waals surface area contributed by atoms with Crippen LogP contribution in [0.3, 0.4) is 0 Å². The monoisotopic (exact) mass is 543 g/mol. The summed E-state index contributed by atoms with van der Waals surface area (Å²) in [5.41, 5.74) is 4.36. The molecule has 0 unspecified atom stereocenters. The van der Waals surface area contributed by atoms with E-state index in [-0.39, 0.29) is 17.6 Å². The maximum Gasteiger partial charge on any atom is 0.253 e. The number of carbonyl (C=O) groups excluding carboxylic acids is 2. The molecule has 200 valence electrons. The highest BCUT2D eigenvalue weighted by Crippen LogP contribution is 2.23. The van der Waals surface area contributed by atoms with Crippen LogP contribution >= 0.6 is 11.8 Å². The second-order valence-electron chi connectivity index (χ2n) is 9.05. The van der Waals surface area contributed by atoms with Crippen molar-refractivity contribution in [1.82, 2.24) is 25.1 Å². The second kappa shape index (κ2) is 12.0. The summed E-state index contributed by atoms with van der Waals surface area (Å²) in [7, 11) is 1.61. The Labute approximate surface area is 230 Å². The number of nitrogens with one attached hydrogen (secondary N) is 1. The minimum absolute atomic E-state index is 0.0289. The molecule has 1 saturated heterocycles. The summed E-state index contributed by atoms with van der Waals surface area (Å²) in [6, 6.07) is 22.8. The van der Waals surface area contributed by atoms with Crippen LogP contribution < -0.4 is 15.0 Å². The fourth-order valence-electron chi connectivity index (χ4n) is 4.39. The van der Waals surface area contributed by atoms with E-state index in [0.717, 1.165) is 41.5 Å². The molecule has 0 radical (unpaired) electrons. The zero-order chi connectivity index (χ0) is 27.2. The number of anilines is 2. The quantitative estimate of drug-likeness (QED) is 0.336. The Balaban J connectivity index is 1.11. The maximum atomic E-state index is 12.8. The number of hydrogen-bond donors (Lipinski definition) is 1. The first-order valence-electron chi connectivity index (χ1n) is 12.6. The lowest BCUT2D eigenvalue weighted by Crippen LogP contribution is -2.48. The summed E-state index contributed by atoms with van der Waals surface area (Å²) in [4.78, 5) is 29.5. The molecule has 1 aliphatic rings. The summed E-state index contributed by atoms with van der Waals surface area (Å²) in [6.45, 7) is 4.74. The van der Waals surface area contributed by atoms with Crippen LogP contribution in [0, 0.1) is 6.92 Å². The Morgan fingerprint density at radius 2 is 1.67 bits per heavy atom. The number of thioether (sulfide) groups is 1. The minimum atomic E-state index is -0.141. The van der Waals surface area contributed by atoms with Crippen LogP contribution in [0.15, 0.2) is 78.0 Å². The van der Waals surface area contributed by atoms with Gasteiger partial charge in [-0.1, -0.05) is 30.0 Å². The van der Waals surface area contributed by atoms with Gasteiger partial charge in [0.2, 0.25) is 11.1 Å². The number of amides is 2. The van der Waals surface area contributed by atoms with Gasteiger partial charge in [0.15, 0.2) is 0 Å². The van der Waals surface area contributed by atoms with Crippen molar-refractivity contribution in [2.75, 3.05) is 49.3 Å². The minimum Gasteiger partial charge on any atom is -0.497 e. The number of tetrazole rings is 1. The Morgan fingerprint density at radius 3 is 2.36 bits per heavy atom. The van der Waals surface area contributed by atoms with Crippen molar-refractivity contribution in [3.05, 3.63) is 83.9 Å². The number of aryl methyl sites for hydroxylation is 1. The molecule has 39 heavy (non-hydrogen) atoms. The first-order valence-corrected chi connectivity index (χ1v) is 13.6.